The average molecular weight is 301 g/mol. The Balaban J connectivity index is 1.81. The minimum Gasteiger partial charge on any atom is -0.375 e. The molecule has 4 nitrogen and oxygen atoms in total. The van der Waals surface area contributed by atoms with Crippen LogP contribution in [0.4, 0.5) is 5.13 Å². The van der Waals surface area contributed by atoms with Crippen LogP contribution in [0.1, 0.15) is 19.5 Å². The Hall–Kier alpha value is -0.300. The van der Waals surface area contributed by atoms with Crippen molar-refractivity contribution in [2.24, 2.45) is 5.92 Å². The minimum atomic E-state index is 0.320. The number of ether oxygens (including phenoxy) is 1. The molecule has 1 aliphatic rings. The van der Waals surface area contributed by atoms with Crippen LogP contribution in [0.2, 0.25) is 0 Å². The fraction of sp³-hybridized carbons (Fsp3) is 0.769. The highest BCUT2D eigenvalue weighted by molar-refractivity contribution is 8.01. The molecule has 1 atom stereocenters. The van der Waals surface area contributed by atoms with Crippen LogP contribution >= 0.6 is 23.1 Å². The predicted molar refractivity (Wildman–Crippen MR) is 83.0 cm³/mol. The first-order valence-corrected chi connectivity index (χ1v) is 8.54. The van der Waals surface area contributed by atoms with Gasteiger partial charge in [-0.2, -0.15) is 0 Å². The SMILES string of the molecule is Cc1nc(N)sc1SCC1CN(CC(C)C)CCO1. The lowest BCUT2D eigenvalue weighted by molar-refractivity contribution is -0.0191. The highest BCUT2D eigenvalue weighted by Gasteiger charge is 2.21. The van der Waals surface area contributed by atoms with Crippen LogP contribution in [0.5, 0.6) is 0 Å². The molecule has 1 aliphatic heterocycles. The van der Waals surface area contributed by atoms with E-state index in [1.807, 2.05) is 18.7 Å². The Bertz CT molecular complexity index is 409. The molecule has 0 amide bonds. The lowest BCUT2D eigenvalue weighted by Gasteiger charge is -2.33. The van der Waals surface area contributed by atoms with E-state index in [1.165, 1.54) is 4.21 Å². The number of rotatable bonds is 5. The largest absolute Gasteiger partial charge is 0.375 e. The van der Waals surface area contributed by atoms with Crippen molar-refractivity contribution >= 4 is 28.2 Å². The van der Waals surface area contributed by atoms with Gasteiger partial charge in [0, 0.05) is 25.4 Å². The van der Waals surface area contributed by atoms with E-state index in [1.54, 1.807) is 11.3 Å². The van der Waals surface area contributed by atoms with E-state index in [4.69, 9.17) is 10.5 Å². The summed E-state index contributed by atoms with van der Waals surface area (Å²) in [5.41, 5.74) is 6.76. The van der Waals surface area contributed by atoms with E-state index in [-0.39, 0.29) is 0 Å². The highest BCUT2D eigenvalue weighted by atomic mass is 32.2. The van der Waals surface area contributed by atoms with Crippen LogP contribution in [0, 0.1) is 12.8 Å². The molecule has 1 aromatic heterocycles. The van der Waals surface area contributed by atoms with E-state index >= 15 is 0 Å². The Morgan fingerprint density at radius 2 is 2.37 bits per heavy atom. The minimum absolute atomic E-state index is 0.320. The van der Waals surface area contributed by atoms with Crippen LogP contribution in [-0.4, -0.2) is 48.0 Å². The average Bonchev–Trinajstić information content (AvgIpc) is 2.65. The van der Waals surface area contributed by atoms with Gasteiger partial charge in [0.2, 0.25) is 0 Å². The molecule has 2 N–H and O–H groups in total. The zero-order valence-electron chi connectivity index (χ0n) is 11.9. The number of morpholine rings is 1. The molecule has 1 aromatic rings. The number of hydrogen-bond acceptors (Lipinski definition) is 6. The zero-order chi connectivity index (χ0) is 13.8. The Labute approximate surface area is 123 Å². The number of hydrogen-bond donors (Lipinski definition) is 1. The summed E-state index contributed by atoms with van der Waals surface area (Å²) in [5, 5.41) is 0.658. The Kier molecular flexibility index (Phi) is 5.50. The quantitative estimate of drug-likeness (QED) is 0.847. The first-order valence-electron chi connectivity index (χ1n) is 6.74. The Morgan fingerprint density at radius 1 is 1.58 bits per heavy atom. The number of thioether (sulfide) groups is 1. The first-order chi connectivity index (χ1) is 9.04. The fourth-order valence-electron chi connectivity index (χ4n) is 2.27. The van der Waals surface area contributed by atoms with Crippen molar-refractivity contribution < 1.29 is 4.74 Å². The molecule has 19 heavy (non-hydrogen) atoms. The molecule has 6 heteroatoms. The van der Waals surface area contributed by atoms with Gasteiger partial charge in [-0.15, -0.1) is 11.8 Å². The van der Waals surface area contributed by atoms with Crippen molar-refractivity contribution in [2.45, 2.75) is 31.1 Å². The fourth-order valence-corrected chi connectivity index (χ4v) is 4.32. The summed E-state index contributed by atoms with van der Waals surface area (Å²) in [5.74, 6) is 1.70. The van der Waals surface area contributed by atoms with Gasteiger partial charge in [0.1, 0.15) is 0 Å². The third-order valence-corrected chi connectivity index (χ3v) is 5.50. The van der Waals surface area contributed by atoms with Crippen LogP contribution < -0.4 is 5.73 Å². The molecule has 2 heterocycles. The van der Waals surface area contributed by atoms with Crippen molar-refractivity contribution in [2.75, 3.05) is 37.7 Å². The van der Waals surface area contributed by atoms with Crippen LogP contribution in [0.15, 0.2) is 4.21 Å². The lowest BCUT2D eigenvalue weighted by atomic mass is 10.2. The van der Waals surface area contributed by atoms with Gasteiger partial charge in [-0.25, -0.2) is 4.98 Å². The molecule has 108 valence electrons. The molecule has 0 radical (unpaired) electrons. The standard InChI is InChI=1S/C13H23N3OS2/c1-9(2)6-16-4-5-17-11(7-16)8-18-12-10(3)15-13(14)19-12/h9,11H,4-8H2,1-3H3,(H2,14,15). The number of aromatic nitrogens is 1. The van der Waals surface area contributed by atoms with E-state index in [9.17, 15) is 0 Å². The van der Waals surface area contributed by atoms with Gasteiger partial charge in [-0.05, 0) is 12.8 Å². The topological polar surface area (TPSA) is 51.4 Å². The Morgan fingerprint density at radius 3 is 3.00 bits per heavy atom. The zero-order valence-corrected chi connectivity index (χ0v) is 13.5. The maximum atomic E-state index is 5.85. The number of nitrogens with two attached hydrogens (primary N) is 1. The summed E-state index contributed by atoms with van der Waals surface area (Å²) >= 11 is 3.39. The van der Waals surface area contributed by atoms with Gasteiger partial charge in [-0.3, -0.25) is 4.90 Å². The molecular weight excluding hydrogens is 278 g/mol. The van der Waals surface area contributed by atoms with E-state index in [0.717, 1.165) is 43.6 Å². The van der Waals surface area contributed by atoms with E-state index in [0.29, 0.717) is 11.2 Å². The molecule has 1 fully saturated rings. The predicted octanol–water partition coefficient (Wildman–Crippen LogP) is 2.48. The van der Waals surface area contributed by atoms with Crippen LogP contribution in [-0.2, 0) is 4.74 Å². The van der Waals surface area contributed by atoms with Gasteiger partial charge < -0.3 is 10.5 Å². The van der Waals surface area contributed by atoms with E-state index < -0.39 is 0 Å². The number of nitrogens with zero attached hydrogens (tertiary/aromatic N) is 2. The van der Waals surface area contributed by atoms with Gasteiger partial charge in [0.25, 0.3) is 0 Å². The van der Waals surface area contributed by atoms with Crippen molar-refractivity contribution in [3.63, 3.8) is 0 Å². The summed E-state index contributed by atoms with van der Waals surface area (Å²) in [6.07, 6.45) is 0.320. The maximum Gasteiger partial charge on any atom is 0.181 e. The third-order valence-electron chi connectivity index (χ3n) is 3.02. The highest BCUT2D eigenvalue weighted by Crippen LogP contribution is 2.31. The first kappa shape index (κ1) is 15.1. The van der Waals surface area contributed by atoms with E-state index in [2.05, 4.69) is 23.7 Å². The van der Waals surface area contributed by atoms with Crippen molar-refractivity contribution in [1.29, 1.82) is 0 Å². The van der Waals surface area contributed by atoms with Crippen molar-refractivity contribution in [3.05, 3.63) is 5.69 Å². The summed E-state index contributed by atoms with van der Waals surface area (Å²) in [4.78, 5) is 6.76. The van der Waals surface area contributed by atoms with Gasteiger partial charge in [0.05, 0.1) is 22.6 Å². The molecule has 1 saturated heterocycles. The van der Waals surface area contributed by atoms with Gasteiger partial charge >= 0.3 is 0 Å². The second-order valence-electron chi connectivity index (χ2n) is 5.38. The summed E-state index contributed by atoms with van der Waals surface area (Å²) < 4.78 is 7.07. The molecule has 0 spiro atoms. The smallest absolute Gasteiger partial charge is 0.181 e. The second kappa shape index (κ2) is 6.92. The van der Waals surface area contributed by atoms with Crippen molar-refractivity contribution in [3.8, 4) is 0 Å². The number of anilines is 1. The van der Waals surface area contributed by atoms with Gasteiger partial charge in [0.15, 0.2) is 5.13 Å². The van der Waals surface area contributed by atoms with Crippen LogP contribution in [0.25, 0.3) is 0 Å². The molecule has 1 unspecified atom stereocenters. The summed E-state index contributed by atoms with van der Waals surface area (Å²) in [7, 11) is 0. The molecule has 0 saturated carbocycles. The number of nitrogen functional groups attached to an aromatic ring is 1. The van der Waals surface area contributed by atoms with Gasteiger partial charge in [-0.1, -0.05) is 25.2 Å². The maximum absolute atomic E-state index is 5.85. The number of aryl methyl sites for hydroxylation is 1. The monoisotopic (exact) mass is 301 g/mol. The number of thiazole rings is 1. The van der Waals surface area contributed by atoms with Crippen LogP contribution in [0.3, 0.4) is 0 Å². The molecule has 2 rings (SSSR count). The summed E-state index contributed by atoms with van der Waals surface area (Å²) in [6.45, 7) is 10.7. The van der Waals surface area contributed by atoms with Crippen molar-refractivity contribution in [1.82, 2.24) is 9.88 Å². The third kappa shape index (κ3) is 4.63. The molecule has 0 aromatic carbocycles. The lowest BCUT2D eigenvalue weighted by Crippen LogP contribution is -2.44. The molecule has 0 aliphatic carbocycles. The second-order valence-corrected chi connectivity index (χ2v) is 7.70. The normalized spacial score (nSPS) is 21.2. The summed E-state index contributed by atoms with van der Waals surface area (Å²) in [6, 6.07) is 0. The molecular formula is C13H23N3OS2. The molecule has 0 bridgehead atoms.